The molecule has 0 bridgehead atoms. The molecule has 2 rings (SSSR count). The van der Waals surface area contributed by atoms with Gasteiger partial charge in [0.2, 0.25) is 0 Å². The molecule has 2 aromatic carbocycles. The molecule has 0 heterocycles. The van der Waals surface area contributed by atoms with E-state index in [0.717, 1.165) is 12.0 Å². The van der Waals surface area contributed by atoms with Crippen molar-refractivity contribution in [3.8, 4) is 5.75 Å². The Morgan fingerprint density at radius 1 is 1.17 bits per heavy atom. The van der Waals surface area contributed by atoms with Crippen molar-refractivity contribution >= 4 is 35.3 Å². The highest BCUT2D eigenvalue weighted by atomic mass is 35.5. The summed E-state index contributed by atoms with van der Waals surface area (Å²) < 4.78 is 5.50. The molecule has 0 saturated carbocycles. The number of nitrogens with zero attached hydrogens (tertiary/aromatic N) is 1. The number of hydrogen-bond donors (Lipinski definition) is 1. The molecule has 4 nitrogen and oxygen atoms in total. The summed E-state index contributed by atoms with van der Waals surface area (Å²) in [6, 6.07) is 12.7. The number of nitrogens with one attached hydrogen (secondary N) is 1. The third kappa shape index (κ3) is 4.98. The smallest absolute Gasteiger partial charge is 0.277 e. The first-order valence-corrected chi connectivity index (χ1v) is 7.84. The van der Waals surface area contributed by atoms with Crippen LogP contribution in [0.25, 0.3) is 0 Å². The Kier molecular flexibility index (Phi) is 6.44. The lowest BCUT2D eigenvalue weighted by Crippen LogP contribution is -2.24. The summed E-state index contributed by atoms with van der Waals surface area (Å²) in [6.07, 6.45) is 2.24. The van der Waals surface area contributed by atoms with Gasteiger partial charge in [-0.2, -0.15) is 5.10 Å². The standard InChI is InChI=1S/C17H16Cl2N2O2/c1-2-12-6-3-4-9-16(12)23-11-17(22)21-20-10-13-14(18)7-5-8-15(13)19/h3-10H,2,11H2,1H3,(H,21,22)/b20-10+. The maximum atomic E-state index is 11.8. The number of halogens is 2. The van der Waals surface area contributed by atoms with Gasteiger partial charge in [0, 0.05) is 5.56 Å². The van der Waals surface area contributed by atoms with E-state index in [0.29, 0.717) is 21.4 Å². The van der Waals surface area contributed by atoms with Crippen molar-refractivity contribution in [2.24, 2.45) is 5.10 Å². The van der Waals surface area contributed by atoms with Gasteiger partial charge in [0.25, 0.3) is 5.91 Å². The number of carbonyl (C=O) groups excluding carboxylic acids is 1. The van der Waals surface area contributed by atoms with E-state index in [1.54, 1.807) is 18.2 Å². The second-order valence-corrected chi connectivity index (χ2v) is 5.49. The van der Waals surface area contributed by atoms with Crippen molar-refractivity contribution in [3.63, 3.8) is 0 Å². The second-order valence-electron chi connectivity index (χ2n) is 4.68. The van der Waals surface area contributed by atoms with Crippen molar-refractivity contribution in [3.05, 3.63) is 63.6 Å². The van der Waals surface area contributed by atoms with E-state index in [-0.39, 0.29) is 12.5 Å². The summed E-state index contributed by atoms with van der Waals surface area (Å²) in [5.41, 5.74) is 3.98. The number of rotatable bonds is 6. The summed E-state index contributed by atoms with van der Waals surface area (Å²) >= 11 is 12.0. The number of hydrogen-bond acceptors (Lipinski definition) is 3. The SMILES string of the molecule is CCc1ccccc1OCC(=O)N/N=C/c1c(Cl)cccc1Cl. The average Bonchev–Trinajstić information content (AvgIpc) is 2.56. The fourth-order valence-corrected chi connectivity index (χ4v) is 2.41. The third-order valence-electron chi connectivity index (χ3n) is 3.09. The normalized spacial score (nSPS) is 10.7. The molecule has 23 heavy (non-hydrogen) atoms. The number of benzene rings is 2. The summed E-state index contributed by atoms with van der Waals surface area (Å²) in [5, 5.41) is 4.77. The first-order chi connectivity index (χ1) is 11.1. The predicted molar refractivity (Wildman–Crippen MR) is 93.5 cm³/mol. The highest BCUT2D eigenvalue weighted by Gasteiger charge is 2.05. The van der Waals surface area contributed by atoms with Crippen LogP contribution in [0.1, 0.15) is 18.1 Å². The van der Waals surface area contributed by atoms with Gasteiger partial charge >= 0.3 is 0 Å². The summed E-state index contributed by atoms with van der Waals surface area (Å²) in [4.78, 5) is 11.8. The van der Waals surface area contributed by atoms with Gasteiger partial charge in [-0.3, -0.25) is 4.79 Å². The molecule has 1 amide bonds. The number of hydrazone groups is 1. The minimum absolute atomic E-state index is 0.120. The minimum Gasteiger partial charge on any atom is -0.483 e. The van der Waals surface area contributed by atoms with Gasteiger partial charge in [0.1, 0.15) is 5.75 Å². The molecule has 0 spiro atoms. The van der Waals surface area contributed by atoms with Gasteiger partial charge in [0.05, 0.1) is 16.3 Å². The van der Waals surface area contributed by atoms with Crippen LogP contribution in [0.5, 0.6) is 5.75 Å². The minimum atomic E-state index is -0.365. The molecule has 0 aliphatic carbocycles. The van der Waals surface area contributed by atoms with Gasteiger partial charge < -0.3 is 4.74 Å². The molecule has 1 N–H and O–H groups in total. The lowest BCUT2D eigenvalue weighted by Gasteiger charge is -2.09. The van der Waals surface area contributed by atoms with Crippen molar-refractivity contribution in [1.29, 1.82) is 0 Å². The number of ether oxygens (including phenoxy) is 1. The van der Waals surface area contributed by atoms with Crippen LogP contribution in [0, 0.1) is 0 Å². The Morgan fingerprint density at radius 3 is 2.57 bits per heavy atom. The molecule has 0 saturated heterocycles. The monoisotopic (exact) mass is 350 g/mol. The Labute approximate surface area is 145 Å². The zero-order valence-corrected chi connectivity index (χ0v) is 14.1. The largest absolute Gasteiger partial charge is 0.483 e. The molecule has 0 aliphatic heterocycles. The lowest BCUT2D eigenvalue weighted by molar-refractivity contribution is -0.123. The van der Waals surface area contributed by atoms with Crippen molar-refractivity contribution in [2.45, 2.75) is 13.3 Å². The Balaban J connectivity index is 1.89. The van der Waals surface area contributed by atoms with E-state index in [2.05, 4.69) is 10.5 Å². The highest BCUT2D eigenvalue weighted by molar-refractivity contribution is 6.38. The van der Waals surface area contributed by atoms with Crippen LogP contribution in [0.3, 0.4) is 0 Å². The van der Waals surface area contributed by atoms with E-state index in [9.17, 15) is 4.79 Å². The van der Waals surface area contributed by atoms with Gasteiger partial charge in [-0.1, -0.05) is 54.4 Å². The van der Waals surface area contributed by atoms with E-state index in [1.165, 1.54) is 6.21 Å². The van der Waals surface area contributed by atoms with Crippen LogP contribution in [0.2, 0.25) is 10.0 Å². The van der Waals surface area contributed by atoms with Crippen molar-refractivity contribution in [2.75, 3.05) is 6.61 Å². The Bertz CT molecular complexity index is 697. The number of aryl methyl sites for hydroxylation is 1. The molecular formula is C17H16Cl2N2O2. The first kappa shape index (κ1) is 17.3. The molecule has 120 valence electrons. The molecular weight excluding hydrogens is 335 g/mol. The number of amides is 1. The van der Waals surface area contributed by atoms with Crippen molar-refractivity contribution in [1.82, 2.24) is 5.43 Å². The van der Waals surface area contributed by atoms with E-state index >= 15 is 0 Å². The number of para-hydroxylation sites is 1. The maximum Gasteiger partial charge on any atom is 0.277 e. The van der Waals surface area contributed by atoms with Crippen LogP contribution < -0.4 is 10.2 Å². The Hall–Kier alpha value is -2.04. The highest BCUT2D eigenvalue weighted by Crippen LogP contribution is 2.22. The van der Waals surface area contributed by atoms with Crippen LogP contribution in [0.15, 0.2) is 47.6 Å². The summed E-state index contributed by atoms with van der Waals surface area (Å²) in [6.45, 7) is 1.91. The molecule has 2 aromatic rings. The van der Waals surface area contributed by atoms with E-state index in [4.69, 9.17) is 27.9 Å². The van der Waals surface area contributed by atoms with Crippen LogP contribution in [-0.4, -0.2) is 18.7 Å². The van der Waals surface area contributed by atoms with Gasteiger partial charge in [0.15, 0.2) is 6.61 Å². The van der Waals surface area contributed by atoms with Gasteiger partial charge in [-0.15, -0.1) is 0 Å². The van der Waals surface area contributed by atoms with E-state index < -0.39 is 0 Å². The molecule has 0 atom stereocenters. The zero-order valence-electron chi connectivity index (χ0n) is 12.6. The maximum absolute atomic E-state index is 11.8. The molecule has 0 fully saturated rings. The topological polar surface area (TPSA) is 50.7 Å². The average molecular weight is 351 g/mol. The first-order valence-electron chi connectivity index (χ1n) is 7.08. The molecule has 0 radical (unpaired) electrons. The quantitative estimate of drug-likeness (QED) is 0.630. The second kappa shape index (κ2) is 8.56. The van der Waals surface area contributed by atoms with Gasteiger partial charge in [-0.25, -0.2) is 5.43 Å². The van der Waals surface area contributed by atoms with Gasteiger partial charge in [-0.05, 0) is 30.2 Å². The molecule has 0 aliphatic rings. The molecule has 0 unspecified atom stereocenters. The number of carbonyl (C=O) groups is 1. The molecule has 6 heteroatoms. The van der Waals surface area contributed by atoms with Crippen LogP contribution in [-0.2, 0) is 11.2 Å². The summed E-state index contributed by atoms with van der Waals surface area (Å²) in [5.74, 6) is 0.332. The Morgan fingerprint density at radius 2 is 1.87 bits per heavy atom. The fourth-order valence-electron chi connectivity index (χ4n) is 1.92. The van der Waals surface area contributed by atoms with E-state index in [1.807, 2.05) is 31.2 Å². The van der Waals surface area contributed by atoms with Crippen LogP contribution >= 0.6 is 23.2 Å². The van der Waals surface area contributed by atoms with Crippen molar-refractivity contribution < 1.29 is 9.53 Å². The zero-order chi connectivity index (χ0) is 16.7. The summed E-state index contributed by atoms with van der Waals surface area (Å²) in [7, 11) is 0. The lowest BCUT2D eigenvalue weighted by atomic mass is 10.1. The van der Waals surface area contributed by atoms with Crippen LogP contribution in [0.4, 0.5) is 0 Å². The fraction of sp³-hybridized carbons (Fsp3) is 0.176. The predicted octanol–water partition coefficient (Wildman–Crippen LogP) is 4.08. The molecule has 0 aromatic heterocycles. The third-order valence-corrected chi connectivity index (χ3v) is 3.75.